The Morgan fingerprint density at radius 3 is 2.89 bits per heavy atom. The molecule has 0 aliphatic carbocycles. The van der Waals surface area contributed by atoms with Crippen LogP contribution in [0.1, 0.15) is 37.8 Å². The minimum atomic E-state index is -0.371. The summed E-state index contributed by atoms with van der Waals surface area (Å²) in [6.07, 6.45) is 7.90. The predicted octanol–water partition coefficient (Wildman–Crippen LogP) is 3.10. The number of likely N-dealkylation sites (tertiary alicyclic amines) is 2. The van der Waals surface area contributed by atoms with E-state index in [4.69, 9.17) is 15.0 Å². The maximum absolute atomic E-state index is 14.0. The fourth-order valence-corrected chi connectivity index (χ4v) is 5.10. The predicted molar refractivity (Wildman–Crippen MR) is 131 cm³/mol. The van der Waals surface area contributed by atoms with Gasteiger partial charge >= 0.3 is 0 Å². The first-order chi connectivity index (χ1) is 17.6. The van der Waals surface area contributed by atoms with Crippen LogP contribution in [0.2, 0.25) is 0 Å². The van der Waals surface area contributed by atoms with Gasteiger partial charge in [0.25, 0.3) is 0 Å². The summed E-state index contributed by atoms with van der Waals surface area (Å²) in [5.41, 5.74) is 2.00. The number of ether oxygens (including phenoxy) is 1. The second-order valence-corrected chi connectivity index (χ2v) is 9.52. The first-order valence-electron chi connectivity index (χ1n) is 12.6. The molecule has 0 N–H and O–H groups in total. The van der Waals surface area contributed by atoms with Crippen molar-refractivity contribution in [1.82, 2.24) is 29.2 Å². The summed E-state index contributed by atoms with van der Waals surface area (Å²) in [4.78, 5) is 30.2. The van der Waals surface area contributed by atoms with E-state index in [1.165, 1.54) is 25.1 Å². The zero-order valence-corrected chi connectivity index (χ0v) is 20.3. The quantitative estimate of drug-likeness (QED) is 0.477. The number of halogens is 1. The van der Waals surface area contributed by atoms with E-state index < -0.39 is 0 Å². The molecule has 2 fully saturated rings. The van der Waals surface area contributed by atoms with Gasteiger partial charge in [0.05, 0.1) is 12.3 Å². The Labute approximate surface area is 209 Å². The lowest BCUT2D eigenvalue weighted by Gasteiger charge is -2.32. The van der Waals surface area contributed by atoms with E-state index in [9.17, 15) is 9.18 Å². The van der Waals surface area contributed by atoms with Crippen LogP contribution in [-0.2, 0) is 11.2 Å². The highest BCUT2D eigenvalue weighted by molar-refractivity contribution is 5.78. The molecule has 1 atom stereocenters. The van der Waals surface area contributed by atoms with E-state index in [0.717, 1.165) is 38.2 Å². The molecule has 0 saturated carbocycles. The summed E-state index contributed by atoms with van der Waals surface area (Å²) < 4.78 is 21.7. The molecule has 0 radical (unpaired) electrons. The van der Waals surface area contributed by atoms with Crippen molar-refractivity contribution in [3.63, 3.8) is 0 Å². The zero-order valence-electron chi connectivity index (χ0n) is 20.3. The summed E-state index contributed by atoms with van der Waals surface area (Å²) >= 11 is 0. The van der Waals surface area contributed by atoms with E-state index >= 15 is 0 Å². The normalized spacial score (nSPS) is 18.4. The summed E-state index contributed by atoms with van der Waals surface area (Å²) in [6.45, 7) is 4.85. The molecule has 1 amide bonds. The third-order valence-corrected chi connectivity index (χ3v) is 6.91. The van der Waals surface area contributed by atoms with Crippen LogP contribution in [0.25, 0.3) is 17.2 Å². The Kier molecular flexibility index (Phi) is 7.37. The molecule has 0 spiro atoms. The van der Waals surface area contributed by atoms with E-state index in [1.807, 2.05) is 12.1 Å². The maximum atomic E-state index is 14.0. The minimum absolute atomic E-state index is 0.0930. The van der Waals surface area contributed by atoms with Crippen LogP contribution >= 0.6 is 0 Å². The molecule has 9 nitrogen and oxygen atoms in total. The lowest BCUT2D eigenvalue weighted by Crippen LogP contribution is -2.40. The van der Waals surface area contributed by atoms with Crippen LogP contribution in [-0.4, -0.2) is 74.4 Å². The first-order valence-corrected chi connectivity index (χ1v) is 12.6. The molecule has 2 saturated heterocycles. The Balaban J connectivity index is 1.39. The van der Waals surface area contributed by atoms with Gasteiger partial charge in [-0.1, -0.05) is 0 Å². The molecular formula is C26H30FN7O2. The summed E-state index contributed by atoms with van der Waals surface area (Å²) in [5, 5.41) is 8.89. The van der Waals surface area contributed by atoms with Gasteiger partial charge in [-0.15, -0.1) is 0 Å². The highest BCUT2D eigenvalue weighted by Gasteiger charge is 2.25. The lowest BCUT2D eigenvalue weighted by molar-refractivity contribution is -0.131. The average molecular weight is 492 g/mol. The third kappa shape index (κ3) is 5.62. The zero-order chi connectivity index (χ0) is 24.9. The van der Waals surface area contributed by atoms with Gasteiger partial charge in [-0.2, -0.15) is 10.2 Å². The number of carbonyl (C=O) groups is 1. The SMILES string of the molecule is N#CCC(=O)N1CCC[C@@H](Cc2cc(OCCN3CCCC3)nc(-c3cnc4ccc(F)cn34)n2)C1. The van der Waals surface area contributed by atoms with E-state index in [-0.39, 0.29) is 24.1 Å². The van der Waals surface area contributed by atoms with E-state index in [0.29, 0.717) is 49.2 Å². The molecule has 0 unspecified atom stereocenters. The highest BCUT2D eigenvalue weighted by atomic mass is 19.1. The number of fused-ring (bicyclic) bond motifs is 1. The van der Waals surface area contributed by atoms with E-state index in [2.05, 4.69) is 14.9 Å². The van der Waals surface area contributed by atoms with Crippen molar-refractivity contribution in [1.29, 1.82) is 5.26 Å². The van der Waals surface area contributed by atoms with Crippen molar-refractivity contribution < 1.29 is 13.9 Å². The molecule has 0 aromatic carbocycles. The van der Waals surface area contributed by atoms with Crippen LogP contribution in [0, 0.1) is 23.1 Å². The number of hydrogen-bond acceptors (Lipinski definition) is 7. The van der Waals surface area contributed by atoms with Gasteiger partial charge in [-0.05, 0) is 63.2 Å². The molecular weight excluding hydrogens is 461 g/mol. The molecule has 36 heavy (non-hydrogen) atoms. The Morgan fingerprint density at radius 2 is 2.06 bits per heavy atom. The third-order valence-electron chi connectivity index (χ3n) is 6.91. The van der Waals surface area contributed by atoms with Crippen LogP contribution in [0.5, 0.6) is 5.88 Å². The number of carbonyl (C=O) groups excluding carboxylic acids is 1. The second-order valence-electron chi connectivity index (χ2n) is 9.52. The van der Waals surface area contributed by atoms with Gasteiger partial charge in [0.2, 0.25) is 11.8 Å². The van der Waals surface area contributed by atoms with Crippen molar-refractivity contribution in [2.45, 2.75) is 38.5 Å². The number of amides is 1. The molecule has 5 rings (SSSR count). The maximum Gasteiger partial charge on any atom is 0.236 e. The Bertz CT molecular complexity index is 1260. The molecule has 0 bridgehead atoms. The molecule has 5 heterocycles. The smallest absolute Gasteiger partial charge is 0.236 e. The van der Waals surface area contributed by atoms with Crippen LogP contribution in [0.15, 0.2) is 30.6 Å². The van der Waals surface area contributed by atoms with Gasteiger partial charge in [-0.3, -0.25) is 14.1 Å². The Hall–Kier alpha value is -3.58. The summed E-state index contributed by atoms with van der Waals surface area (Å²) in [6, 6.07) is 6.81. The van der Waals surface area contributed by atoms with Crippen LogP contribution < -0.4 is 4.74 Å². The summed E-state index contributed by atoms with van der Waals surface area (Å²) in [7, 11) is 0. The van der Waals surface area contributed by atoms with Crippen molar-refractivity contribution in [2.24, 2.45) is 5.92 Å². The second kappa shape index (κ2) is 11.0. The standard InChI is InChI=1S/C26H30FN7O2/c27-20-5-6-23-29-16-22(34(23)18-20)26-30-21(14-19-4-3-11-33(17-19)25(35)7-8-28)15-24(31-26)36-13-12-32-9-1-2-10-32/h5-6,15-16,18-19H,1-4,7,9-14,17H2/t19-/m0/s1. The van der Waals surface area contributed by atoms with Gasteiger partial charge in [0, 0.05) is 37.6 Å². The molecule has 10 heteroatoms. The van der Waals surface area contributed by atoms with Gasteiger partial charge in [-0.25, -0.2) is 14.4 Å². The van der Waals surface area contributed by atoms with Crippen molar-refractivity contribution in [3.05, 3.63) is 42.1 Å². The van der Waals surface area contributed by atoms with Gasteiger partial charge in [0.1, 0.15) is 30.2 Å². The minimum Gasteiger partial charge on any atom is -0.476 e. The number of piperidine rings is 1. The average Bonchev–Trinajstić information content (AvgIpc) is 3.54. The van der Waals surface area contributed by atoms with Crippen molar-refractivity contribution in [3.8, 4) is 23.5 Å². The number of aromatic nitrogens is 4. The molecule has 2 aliphatic rings. The molecule has 3 aromatic heterocycles. The summed E-state index contributed by atoms with van der Waals surface area (Å²) in [5.74, 6) is 0.638. The number of imidazole rings is 1. The number of nitrogens with zero attached hydrogens (tertiary/aromatic N) is 7. The van der Waals surface area contributed by atoms with Gasteiger partial charge in [0.15, 0.2) is 5.82 Å². The number of hydrogen-bond donors (Lipinski definition) is 0. The van der Waals surface area contributed by atoms with Crippen molar-refractivity contribution in [2.75, 3.05) is 39.3 Å². The number of pyridine rings is 1. The monoisotopic (exact) mass is 491 g/mol. The topological polar surface area (TPSA) is 99.7 Å². The van der Waals surface area contributed by atoms with Gasteiger partial charge < -0.3 is 9.64 Å². The van der Waals surface area contributed by atoms with E-state index in [1.54, 1.807) is 21.6 Å². The number of rotatable bonds is 8. The number of nitriles is 1. The fraction of sp³-hybridized carbons (Fsp3) is 0.500. The highest BCUT2D eigenvalue weighted by Crippen LogP contribution is 2.25. The molecule has 2 aliphatic heterocycles. The fourth-order valence-electron chi connectivity index (χ4n) is 5.10. The van der Waals surface area contributed by atoms with Crippen molar-refractivity contribution >= 4 is 11.6 Å². The van der Waals surface area contributed by atoms with Crippen LogP contribution in [0.3, 0.4) is 0 Å². The lowest BCUT2D eigenvalue weighted by atomic mass is 9.93. The largest absolute Gasteiger partial charge is 0.476 e. The molecule has 3 aromatic rings. The Morgan fingerprint density at radius 1 is 1.19 bits per heavy atom. The molecule has 188 valence electrons. The van der Waals surface area contributed by atoms with Crippen LogP contribution in [0.4, 0.5) is 4.39 Å². The first kappa shape index (κ1) is 24.1.